The van der Waals surface area contributed by atoms with Crippen LogP contribution in [0, 0.1) is 5.82 Å². The van der Waals surface area contributed by atoms with Crippen molar-refractivity contribution < 1.29 is 12.8 Å². The molecule has 0 radical (unpaired) electrons. The van der Waals surface area contributed by atoms with Crippen LogP contribution in [-0.4, -0.2) is 34.5 Å². The van der Waals surface area contributed by atoms with Crippen LogP contribution in [0.1, 0.15) is 6.92 Å². The average Bonchev–Trinajstić information content (AvgIpc) is 2.88. The van der Waals surface area contributed by atoms with E-state index in [2.05, 4.69) is 19.8 Å². The third-order valence-corrected chi connectivity index (χ3v) is 4.61. The molecule has 0 aliphatic rings. The van der Waals surface area contributed by atoms with Crippen LogP contribution < -0.4 is 10.5 Å². The van der Waals surface area contributed by atoms with E-state index in [1.54, 1.807) is 6.92 Å². The van der Waals surface area contributed by atoms with Gasteiger partial charge in [0.05, 0.1) is 0 Å². The minimum Gasteiger partial charge on any atom is -0.366 e. The van der Waals surface area contributed by atoms with Crippen molar-refractivity contribution in [1.82, 2.24) is 24.3 Å². The fraction of sp³-hybridized carbons (Fsp3) is 0.154. The van der Waals surface area contributed by atoms with Gasteiger partial charge in [-0.25, -0.2) is 22.0 Å². The summed E-state index contributed by atoms with van der Waals surface area (Å²) in [6.07, 6.45) is 4.16. The van der Waals surface area contributed by atoms with Crippen molar-refractivity contribution in [3.8, 4) is 11.1 Å². The molecule has 0 aliphatic heterocycles. The van der Waals surface area contributed by atoms with Gasteiger partial charge in [-0.15, -0.1) is 5.10 Å². The second-order valence-corrected chi connectivity index (χ2v) is 6.49. The Labute approximate surface area is 131 Å². The van der Waals surface area contributed by atoms with E-state index in [1.807, 2.05) is 0 Å². The van der Waals surface area contributed by atoms with Gasteiger partial charge in [0.25, 0.3) is 0 Å². The number of hydrogen-bond donors (Lipinski definition) is 2. The van der Waals surface area contributed by atoms with Crippen molar-refractivity contribution in [3.05, 3.63) is 36.5 Å². The Morgan fingerprint density at radius 3 is 2.83 bits per heavy atom. The molecule has 3 aromatic heterocycles. The Morgan fingerprint density at radius 2 is 2.09 bits per heavy atom. The molecule has 3 aromatic rings. The summed E-state index contributed by atoms with van der Waals surface area (Å²) in [5, 5.41) is 3.85. The van der Waals surface area contributed by atoms with Crippen molar-refractivity contribution in [2.75, 3.05) is 12.3 Å². The van der Waals surface area contributed by atoms with E-state index >= 15 is 0 Å². The molecule has 120 valence electrons. The number of nitrogens with zero attached hydrogens (tertiary/aromatic N) is 4. The van der Waals surface area contributed by atoms with Crippen LogP contribution in [0.2, 0.25) is 0 Å². The van der Waals surface area contributed by atoms with Gasteiger partial charge >= 0.3 is 0 Å². The highest BCUT2D eigenvalue weighted by Crippen LogP contribution is 2.23. The molecule has 0 aromatic carbocycles. The molecule has 0 fully saturated rings. The minimum absolute atomic E-state index is 0.00404. The number of pyridine rings is 2. The summed E-state index contributed by atoms with van der Waals surface area (Å²) >= 11 is 0. The number of nitrogens with one attached hydrogen (secondary N) is 1. The molecule has 0 saturated heterocycles. The highest BCUT2D eigenvalue weighted by atomic mass is 32.2. The molecule has 3 N–H and O–H groups in total. The van der Waals surface area contributed by atoms with Gasteiger partial charge in [0.2, 0.25) is 16.0 Å². The van der Waals surface area contributed by atoms with Crippen LogP contribution >= 0.6 is 0 Å². The standard InChI is InChI=1S/C13H13FN6O2S/c1-2-17-23(21,22)10-3-8(5-16-6-10)9-4-11(14)12-18-13(15)19-20(12)7-9/h3-7,17H,2H2,1H3,(H2,15,19). The normalized spacial score (nSPS) is 11.9. The number of aromatic nitrogens is 4. The van der Waals surface area contributed by atoms with Gasteiger partial charge in [0.15, 0.2) is 11.5 Å². The van der Waals surface area contributed by atoms with Gasteiger partial charge in [-0.3, -0.25) is 4.98 Å². The molecule has 8 nitrogen and oxygen atoms in total. The Hall–Kier alpha value is -2.59. The Kier molecular flexibility index (Phi) is 3.70. The number of hydrogen-bond acceptors (Lipinski definition) is 6. The van der Waals surface area contributed by atoms with Crippen molar-refractivity contribution in [2.45, 2.75) is 11.8 Å². The molecule has 0 unspecified atom stereocenters. The van der Waals surface area contributed by atoms with Gasteiger partial charge in [0, 0.05) is 36.3 Å². The van der Waals surface area contributed by atoms with Crippen molar-refractivity contribution in [2.24, 2.45) is 0 Å². The summed E-state index contributed by atoms with van der Waals surface area (Å²) < 4.78 is 41.7. The smallest absolute Gasteiger partial charge is 0.242 e. The Balaban J connectivity index is 2.12. The average molecular weight is 336 g/mol. The minimum atomic E-state index is -3.65. The van der Waals surface area contributed by atoms with Crippen LogP contribution in [0.5, 0.6) is 0 Å². The number of fused-ring (bicyclic) bond motifs is 1. The molecule has 0 aliphatic carbocycles. The van der Waals surface area contributed by atoms with Gasteiger partial charge < -0.3 is 5.73 Å². The lowest BCUT2D eigenvalue weighted by Gasteiger charge is -2.07. The van der Waals surface area contributed by atoms with Crippen LogP contribution in [0.3, 0.4) is 0 Å². The first-order chi connectivity index (χ1) is 10.9. The van der Waals surface area contributed by atoms with E-state index in [1.165, 1.54) is 35.2 Å². The predicted molar refractivity (Wildman–Crippen MR) is 81.5 cm³/mol. The number of nitrogen functional groups attached to an aromatic ring is 1. The molecule has 23 heavy (non-hydrogen) atoms. The largest absolute Gasteiger partial charge is 0.366 e. The summed E-state index contributed by atoms with van der Waals surface area (Å²) in [5.41, 5.74) is 6.28. The topological polar surface area (TPSA) is 115 Å². The molecular formula is C13H13FN6O2S. The molecule has 3 heterocycles. The fourth-order valence-electron chi connectivity index (χ4n) is 2.12. The molecule has 3 rings (SSSR count). The summed E-state index contributed by atoms with van der Waals surface area (Å²) in [5.74, 6) is -0.672. The first kappa shape index (κ1) is 15.3. The van der Waals surface area contributed by atoms with Crippen LogP contribution in [0.4, 0.5) is 10.3 Å². The summed E-state index contributed by atoms with van der Waals surface area (Å²) in [6, 6.07) is 2.63. The third kappa shape index (κ3) is 2.85. The van der Waals surface area contributed by atoms with E-state index in [9.17, 15) is 12.8 Å². The molecular weight excluding hydrogens is 323 g/mol. The summed E-state index contributed by atoms with van der Waals surface area (Å²) in [7, 11) is -3.65. The maximum absolute atomic E-state index is 14.1. The Morgan fingerprint density at radius 1 is 1.30 bits per heavy atom. The quantitative estimate of drug-likeness (QED) is 0.728. The highest BCUT2D eigenvalue weighted by Gasteiger charge is 2.15. The van der Waals surface area contributed by atoms with E-state index in [0.29, 0.717) is 11.1 Å². The van der Waals surface area contributed by atoms with E-state index in [4.69, 9.17) is 5.73 Å². The first-order valence-electron chi connectivity index (χ1n) is 6.67. The number of sulfonamides is 1. The third-order valence-electron chi connectivity index (χ3n) is 3.10. The van der Waals surface area contributed by atoms with Gasteiger partial charge in [-0.05, 0) is 12.1 Å². The predicted octanol–water partition coefficient (Wildman–Crippen LogP) is 0.811. The number of anilines is 1. The molecule has 0 saturated carbocycles. The van der Waals surface area contributed by atoms with Crippen LogP contribution in [0.25, 0.3) is 16.8 Å². The number of nitrogens with two attached hydrogens (primary N) is 1. The first-order valence-corrected chi connectivity index (χ1v) is 8.15. The maximum Gasteiger partial charge on any atom is 0.242 e. The van der Waals surface area contributed by atoms with Gasteiger partial charge in [-0.1, -0.05) is 6.92 Å². The van der Waals surface area contributed by atoms with E-state index in [0.717, 1.165) is 0 Å². The van der Waals surface area contributed by atoms with Crippen molar-refractivity contribution in [1.29, 1.82) is 0 Å². The molecule has 0 bridgehead atoms. The monoisotopic (exact) mass is 336 g/mol. The van der Waals surface area contributed by atoms with Crippen molar-refractivity contribution >= 4 is 21.6 Å². The Bertz CT molecular complexity index is 985. The summed E-state index contributed by atoms with van der Waals surface area (Å²) in [4.78, 5) is 7.67. The highest BCUT2D eigenvalue weighted by molar-refractivity contribution is 7.89. The number of rotatable bonds is 4. The van der Waals surface area contributed by atoms with Crippen LogP contribution in [0.15, 0.2) is 35.6 Å². The van der Waals surface area contributed by atoms with Gasteiger partial charge in [-0.2, -0.15) is 4.98 Å². The zero-order valence-electron chi connectivity index (χ0n) is 12.1. The molecule has 0 atom stereocenters. The molecule has 0 amide bonds. The zero-order valence-corrected chi connectivity index (χ0v) is 12.9. The van der Waals surface area contributed by atoms with E-state index in [-0.39, 0.29) is 23.0 Å². The second-order valence-electron chi connectivity index (χ2n) is 4.73. The van der Waals surface area contributed by atoms with E-state index < -0.39 is 15.8 Å². The van der Waals surface area contributed by atoms with Crippen molar-refractivity contribution in [3.63, 3.8) is 0 Å². The lowest BCUT2D eigenvalue weighted by atomic mass is 10.1. The summed E-state index contributed by atoms with van der Waals surface area (Å²) in [6.45, 7) is 1.93. The second kappa shape index (κ2) is 5.56. The van der Waals surface area contributed by atoms with Crippen LogP contribution in [-0.2, 0) is 10.0 Å². The maximum atomic E-state index is 14.1. The molecule has 0 spiro atoms. The lowest BCUT2D eigenvalue weighted by molar-refractivity contribution is 0.583. The fourth-order valence-corrected chi connectivity index (χ4v) is 3.15. The lowest BCUT2D eigenvalue weighted by Crippen LogP contribution is -2.23. The SMILES string of the molecule is CCNS(=O)(=O)c1cncc(-c2cc(F)c3nc(N)nn3c2)c1. The zero-order chi connectivity index (χ0) is 16.6. The number of halogens is 1. The van der Waals surface area contributed by atoms with Gasteiger partial charge in [0.1, 0.15) is 4.90 Å². The molecule has 10 heteroatoms.